The van der Waals surface area contributed by atoms with Gasteiger partial charge in [0.1, 0.15) is 0 Å². The second kappa shape index (κ2) is 5.71. The molecule has 1 atom stereocenters. The highest BCUT2D eigenvalue weighted by molar-refractivity contribution is 5.95. The third kappa shape index (κ3) is 2.99. The van der Waals surface area contributed by atoms with E-state index in [-0.39, 0.29) is 23.8 Å². The van der Waals surface area contributed by atoms with E-state index in [9.17, 15) is 19.1 Å². The maximum atomic E-state index is 13.7. The highest BCUT2D eigenvalue weighted by Gasteiger charge is 2.39. The van der Waals surface area contributed by atoms with E-state index in [1.165, 1.54) is 24.1 Å². The fraction of sp³-hybridized carbons (Fsp3) is 0.467. The van der Waals surface area contributed by atoms with Gasteiger partial charge in [-0.05, 0) is 38.0 Å². The van der Waals surface area contributed by atoms with E-state index in [0.717, 1.165) is 6.07 Å². The molecule has 1 saturated heterocycles. The predicted octanol–water partition coefficient (Wildman–Crippen LogP) is 2.16. The Labute approximate surface area is 122 Å². The monoisotopic (exact) mass is 295 g/mol. The molecule has 1 fully saturated rings. The molecule has 5 nitrogen and oxygen atoms in total. The number of ether oxygens (including phenoxy) is 1. The van der Waals surface area contributed by atoms with Crippen molar-refractivity contribution in [3.8, 4) is 5.75 Å². The van der Waals surface area contributed by atoms with Crippen LogP contribution in [0, 0.1) is 11.2 Å². The molecular weight excluding hydrogens is 277 g/mol. The summed E-state index contributed by atoms with van der Waals surface area (Å²) in [6, 6.07) is 3.99. The van der Waals surface area contributed by atoms with Gasteiger partial charge in [0.15, 0.2) is 11.6 Å². The number of carboxylic acids is 1. The van der Waals surface area contributed by atoms with Crippen LogP contribution >= 0.6 is 0 Å². The summed E-state index contributed by atoms with van der Waals surface area (Å²) in [6.45, 7) is 2.24. The van der Waals surface area contributed by atoms with Gasteiger partial charge in [0.2, 0.25) is 0 Å². The molecule has 0 radical (unpaired) electrons. The lowest BCUT2D eigenvalue weighted by atomic mass is 9.82. The van der Waals surface area contributed by atoms with Crippen molar-refractivity contribution < 1.29 is 23.8 Å². The van der Waals surface area contributed by atoms with Gasteiger partial charge >= 0.3 is 5.97 Å². The van der Waals surface area contributed by atoms with Gasteiger partial charge < -0.3 is 14.7 Å². The first-order valence-corrected chi connectivity index (χ1v) is 6.73. The van der Waals surface area contributed by atoms with Crippen molar-refractivity contribution >= 4 is 11.9 Å². The molecule has 0 spiro atoms. The average Bonchev–Trinajstić information content (AvgIpc) is 2.46. The van der Waals surface area contributed by atoms with Crippen molar-refractivity contribution in [2.24, 2.45) is 5.41 Å². The molecule has 1 aromatic rings. The topological polar surface area (TPSA) is 66.8 Å². The van der Waals surface area contributed by atoms with Crippen LogP contribution in [0.3, 0.4) is 0 Å². The molecule has 21 heavy (non-hydrogen) atoms. The number of piperidine rings is 1. The van der Waals surface area contributed by atoms with Crippen LogP contribution in [-0.2, 0) is 4.79 Å². The van der Waals surface area contributed by atoms with Gasteiger partial charge in [0, 0.05) is 18.7 Å². The summed E-state index contributed by atoms with van der Waals surface area (Å²) < 4.78 is 18.5. The number of aliphatic carboxylic acids is 1. The minimum absolute atomic E-state index is 0.0700. The normalized spacial score (nSPS) is 22.0. The van der Waals surface area contributed by atoms with Crippen LogP contribution in [0.5, 0.6) is 5.75 Å². The molecule has 1 heterocycles. The van der Waals surface area contributed by atoms with Gasteiger partial charge in [-0.25, -0.2) is 4.39 Å². The van der Waals surface area contributed by atoms with Crippen LogP contribution < -0.4 is 4.74 Å². The Morgan fingerprint density at radius 3 is 2.71 bits per heavy atom. The highest BCUT2D eigenvalue weighted by Crippen LogP contribution is 2.30. The zero-order chi connectivity index (χ0) is 15.6. The zero-order valence-corrected chi connectivity index (χ0v) is 12.1. The molecule has 1 aromatic carbocycles. The first-order chi connectivity index (χ1) is 9.87. The van der Waals surface area contributed by atoms with Crippen LogP contribution in [0.1, 0.15) is 30.1 Å². The number of carboxylic acid groups (broad SMARTS) is 1. The second-order valence-electron chi connectivity index (χ2n) is 5.55. The van der Waals surface area contributed by atoms with E-state index >= 15 is 0 Å². The van der Waals surface area contributed by atoms with Gasteiger partial charge in [-0.15, -0.1) is 0 Å². The third-order valence-corrected chi connectivity index (χ3v) is 3.90. The van der Waals surface area contributed by atoms with E-state index in [1.807, 2.05) is 0 Å². The predicted molar refractivity (Wildman–Crippen MR) is 73.8 cm³/mol. The molecule has 2 rings (SSSR count). The molecule has 0 aromatic heterocycles. The smallest absolute Gasteiger partial charge is 0.311 e. The first kappa shape index (κ1) is 15.3. The number of amides is 1. The summed E-state index contributed by atoms with van der Waals surface area (Å²) in [5, 5.41) is 9.27. The number of benzene rings is 1. The number of methoxy groups -OCH3 is 1. The molecule has 0 saturated carbocycles. The zero-order valence-electron chi connectivity index (χ0n) is 12.1. The molecule has 1 unspecified atom stereocenters. The number of halogens is 1. The van der Waals surface area contributed by atoms with Crippen molar-refractivity contribution in [2.45, 2.75) is 19.8 Å². The Morgan fingerprint density at radius 2 is 2.14 bits per heavy atom. The summed E-state index contributed by atoms with van der Waals surface area (Å²) in [6.07, 6.45) is 1.15. The van der Waals surface area contributed by atoms with E-state index < -0.39 is 17.2 Å². The molecule has 1 aliphatic rings. The highest BCUT2D eigenvalue weighted by atomic mass is 19.1. The van der Waals surface area contributed by atoms with Crippen LogP contribution in [0.15, 0.2) is 18.2 Å². The Morgan fingerprint density at radius 1 is 1.43 bits per heavy atom. The average molecular weight is 295 g/mol. The molecule has 1 N–H and O–H groups in total. The van der Waals surface area contributed by atoms with Crippen molar-refractivity contribution in [2.75, 3.05) is 20.2 Å². The van der Waals surface area contributed by atoms with Gasteiger partial charge in [0.05, 0.1) is 12.5 Å². The molecule has 1 amide bonds. The van der Waals surface area contributed by atoms with Gasteiger partial charge in [-0.3, -0.25) is 9.59 Å². The largest absolute Gasteiger partial charge is 0.494 e. The van der Waals surface area contributed by atoms with Crippen molar-refractivity contribution in [3.05, 3.63) is 29.6 Å². The summed E-state index contributed by atoms with van der Waals surface area (Å²) in [5.74, 6) is -1.81. The van der Waals surface area contributed by atoms with Crippen molar-refractivity contribution in [1.82, 2.24) is 4.90 Å². The third-order valence-electron chi connectivity index (χ3n) is 3.90. The number of hydrogen-bond donors (Lipinski definition) is 1. The maximum absolute atomic E-state index is 13.7. The fourth-order valence-corrected chi connectivity index (χ4v) is 2.57. The van der Waals surface area contributed by atoms with Crippen LogP contribution in [-0.4, -0.2) is 42.1 Å². The SMILES string of the molecule is COc1ccc(C(=O)N2CCCC(C)(C(=O)O)C2)cc1F. The summed E-state index contributed by atoms with van der Waals surface area (Å²) in [4.78, 5) is 25.2. The van der Waals surface area contributed by atoms with Crippen molar-refractivity contribution in [1.29, 1.82) is 0 Å². The summed E-state index contributed by atoms with van der Waals surface area (Å²) >= 11 is 0. The molecule has 1 aliphatic heterocycles. The van der Waals surface area contributed by atoms with Crippen LogP contribution in [0.2, 0.25) is 0 Å². The number of rotatable bonds is 3. The Kier molecular flexibility index (Phi) is 4.16. The first-order valence-electron chi connectivity index (χ1n) is 6.73. The van der Waals surface area contributed by atoms with E-state index in [0.29, 0.717) is 19.4 Å². The maximum Gasteiger partial charge on any atom is 0.311 e. The van der Waals surface area contributed by atoms with E-state index in [2.05, 4.69) is 0 Å². The quantitative estimate of drug-likeness (QED) is 0.928. The number of carbonyl (C=O) groups is 2. The lowest BCUT2D eigenvalue weighted by Gasteiger charge is -2.37. The Balaban J connectivity index is 2.20. The molecule has 6 heteroatoms. The van der Waals surface area contributed by atoms with Crippen molar-refractivity contribution in [3.63, 3.8) is 0 Å². The standard InChI is InChI=1S/C15H18FNO4/c1-15(14(19)20)6-3-7-17(9-15)13(18)10-4-5-12(21-2)11(16)8-10/h4-5,8H,3,6-7,9H2,1-2H3,(H,19,20). The Hall–Kier alpha value is -2.11. The van der Waals surface area contributed by atoms with E-state index in [4.69, 9.17) is 4.74 Å². The molecule has 114 valence electrons. The molecular formula is C15H18FNO4. The second-order valence-corrected chi connectivity index (χ2v) is 5.55. The lowest BCUT2D eigenvalue weighted by Crippen LogP contribution is -2.48. The van der Waals surface area contributed by atoms with Crippen LogP contribution in [0.25, 0.3) is 0 Å². The molecule has 0 aliphatic carbocycles. The minimum Gasteiger partial charge on any atom is -0.494 e. The lowest BCUT2D eigenvalue weighted by molar-refractivity contribution is -0.150. The summed E-state index contributed by atoms with van der Waals surface area (Å²) in [7, 11) is 1.35. The van der Waals surface area contributed by atoms with Gasteiger partial charge in [0.25, 0.3) is 5.91 Å². The Bertz CT molecular complexity index is 575. The number of hydrogen-bond acceptors (Lipinski definition) is 3. The molecule has 0 bridgehead atoms. The van der Waals surface area contributed by atoms with Crippen LogP contribution in [0.4, 0.5) is 4.39 Å². The van der Waals surface area contributed by atoms with Gasteiger partial charge in [-0.1, -0.05) is 0 Å². The fourth-order valence-electron chi connectivity index (χ4n) is 2.57. The minimum atomic E-state index is -0.946. The number of nitrogens with zero attached hydrogens (tertiary/aromatic N) is 1. The van der Waals surface area contributed by atoms with Gasteiger partial charge in [-0.2, -0.15) is 0 Å². The summed E-state index contributed by atoms with van der Waals surface area (Å²) in [5.41, 5.74) is -0.748. The number of carbonyl (C=O) groups excluding carboxylic acids is 1. The van der Waals surface area contributed by atoms with E-state index in [1.54, 1.807) is 6.92 Å². The number of likely N-dealkylation sites (tertiary alicyclic amines) is 1.